The maximum absolute atomic E-state index is 12.0. The number of nitrogens with one attached hydrogen (secondary N) is 2. The Kier molecular flexibility index (Phi) is 6.10. The van der Waals surface area contributed by atoms with Gasteiger partial charge < -0.3 is 31.7 Å². The first-order valence-electron chi connectivity index (χ1n) is 6.23. The van der Waals surface area contributed by atoms with Gasteiger partial charge in [-0.25, -0.2) is 4.79 Å². The van der Waals surface area contributed by atoms with Crippen molar-refractivity contribution in [2.75, 3.05) is 19.8 Å². The molecule has 8 heteroatoms. The lowest BCUT2D eigenvalue weighted by molar-refractivity contribution is 0.0375. The predicted octanol–water partition coefficient (Wildman–Crippen LogP) is -1.70. The predicted molar refractivity (Wildman–Crippen MR) is 74.3 cm³/mol. The molecule has 1 aromatic rings. The second-order valence-electron chi connectivity index (χ2n) is 4.62. The molecule has 21 heavy (non-hydrogen) atoms. The minimum Gasteiger partial charge on any atom is -0.394 e. The third kappa shape index (κ3) is 4.71. The van der Waals surface area contributed by atoms with E-state index in [0.29, 0.717) is 0 Å². The molecular formula is C13H19N3O5. The number of carbonyl (C=O) groups is 2. The summed E-state index contributed by atoms with van der Waals surface area (Å²) in [5.41, 5.74) is 4.52. The lowest BCUT2D eigenvalue weighted by Gasteiger charge is -2.28. The van der Waals surface area contributed by atoms with Crippen molar-refractivity contribution >= 4 is 11.9 Å². The highest BCUT2D eigenvalue weighted by Gasteiger charge is 2.30. The smallest absolute Gasteiger partial charge is 0.312 e. The molecular weight excluding hydrogens is 278 g/mol. The van der Waals surface area contributed by atoms with Crippen molar-refractivity contribution in [1.29, 1.82) is 0 Å². The fourth-order valence-electron chi connectivity index (χ4n) is 1.54. The fraction of sp³-hybridized carbons (Fsp3) is 0.385. The summed E-state index contributed by atoms with van der Waals surface area (Å²) in [5, 5.41) is 32.3. The first-order chi connectivity index (χ1) is 9.96. The maximum Gasteiger partial charge on any atom is 0.312 e. The van der Waals surface area contributed by atoms with Gasteiger partial charge in [0.05, 0.1) is 19.8 Å². The standard InChI is InChI=1S/C13H19N3O5/c14-12(21)15-5-9-1-3-10(4-2-9)11(20)16-13(6-17,7-18)8-19/h1-4,17-19H,5-8H2,(H,16,20)(H3,14,15,21). The molecule has 0 saturated carbocycles. The first-order valence-corrected chi connectivity index (χ1v) is 6.23. The van der Waals surface area contributed by atoms with E-state index < -0.39 is 37.3 Å². The van der Waals surface area contributed by atoms with Crippen LogP contribution in [0.5, 0.6) is 0 Å². The molecule has 1 rings (SSSR count). The van der Waals surface area contributed by atoms with Crippen LogP contribution >= 0.6 is 0 Å². The molecule has 0 radical (unpaired) electrons. The highest BCUT2D eigenvalue weighted by molar-refractivity contribution is 5.94. The quantitative estimate of drug-likeness (QED) is 0.355. The summed E-state index contributed by atoms with van der Waals surface area (Å²) in [7, 11) is 0. The Labute approximate surface area is 121 Å². The summed E-state index contributed by atoms with van der Waals surface area (Å²) in [4.78, 5) is 22.6. The molecule has 0 aliphatic heterocycles. The van der Waals surface area contributed by atoms with Crippen LogP contribution < -0.4 is 16.4 Å². The van der Waals surface area contributed by atoms with Gasteiger partial charge in [-0.05, 0) is 17.7 Å². The van der Waals surface area contributed by atoms with Gasteiger partial charge in [0.25, 0.3) is 5.91 Å². The van der Waals surface area contributed by atoms with Crippen molar-refractivity contribution in [1.82, 2.24) is 10.6 Å². The number of primary amides is 1. The lowest BCUT2D eigenvalue weighted by Crippen LogP contribution is -2.57. The molecule has 0 aliphatic rings. The van der Waals surface area contributed by atoms with Crippen molar-refractivity contribution in [3.05, 3.63) is 35.4 Å². The van der Waals surface area contributed by atoms with E-state index in [-0.39, 0.29) is 12.1 Å². The highest BCUT2D eigenvalue weighted by atomic mass is 16.3. The zero-order valence-electron chi connectivity index (χ0n) is 11.4. The van der Waals surface area contributed by atoms with Crippen molar-refractivity contribution in [2.45, 2.75) is 12.1 Å². The molecule has 0 unspecified atom stereocenters. The number of hydrogen-bond donors (Lipinski definition) is 6. The molecule has 0 heterocycles. The summed E-state index contributed by atoms with van der Waals surface area (Å²) in [6.45, 7) is -1.53. The summed E-state index contributed by atoms with van der Waals surface area (Å²) < 4.78 is 0. The Morgan fingerprint density at radius 1 is 1.05 bits per heavy atom. The van der Waals surface area contributed by atoms with Crippen LogP contribution in [0.3, 0.4) is 0 Å². The monoisotopic (exact) mass is 297 g/mol. The van der Waals surface area contributed by atoms with Crippen molar-refractivity contribution in [3.63, 3.8) is 0 Å². The molecule has 8 nitrogen and oxygen atoms in total. The van der Waals surface area contributed by atoms with Crippen LogP contribution in [-0.2, 0) is 6.54 Å². The summed E-state index contributed by atoms with van der Waals surface area (Å²) >= 11 is 0. The van der Waals surface area contributed by atoms with Crippen LogP contribution in [0.15, 0.2) is 24.3 Å². The van der Waals surface area contributed by atoms with Gasteiger partial charge in [0.1, 0.15) is 5.54 Å². The molecule has 1 aromatic carbocycles. The molecule has 116 valence electrons. The Balaban J connectivity index is 2.73. The van der Waals surface area contributed by atoms with Crippen LogP contribution in [0, 0.1) is 0 Å². The number of urea groups is 1. The number of hydrogen-bond acceptors (Lipinski definition) is 5. The van der Waals surface area contributed by atoms with Gasteiger partial charge in [-0.1, -0.05) is 12.1 Å². The van der Waals surface area contributed by atoms with Gasteiger partial charge in [0.15, 0.2) is 0 Å². The van der Waals surface area contributed by atoms with Gasteiger partial charge in [0, 0.05) is 12.1 Å². The van der Waals surface area contributed by atoms with Crippen molar-refractivity contribution < 1.29 is 24.9 Å². The van der Waals surface area contributed by atoms with E-state index in [1.165, 1.54) is 12.1 Å². The van der Waals surface area contributed by atoms with Gasteiger partial charge in [-0.15, -0.1) is 0 Å². The number of aliphatic hydroxyl groups excluding tert-OH is 3. The van der Waals surface area contributed by atoms with E-state index in [2.05, 4.69) is 10.6 Å². The molecule has 3 amide bonds. The lowest BCUT2D eigenvalue weighted by atomic mass is 10.0. The maximum atomic E-state index is 12.0. The summed E-state index contributed by atoms with van der Waals surface area (Å²) in [5.74, 6) is -0.540. The topological polar surface area (TPSA) is 145 Å². The number of rotatable bonds is 7. The second kappa shape index (κ2) is 7.58. The third-order valence-electron chi connectivity index (χ3n) is 2.97. The van der Waals surface area contributed by atoms with Gasteiger partial charge in [0.2, 0.25) is 0 Å². The van der Waals surface area contributed by atoms with Crippen LogP contribution in [0.4, 0.5) is 4.79 Å². The van der Waals surface area contributed by atoms with Crippen LogP contribution in [0.2, 0.25) is 0 Å². The van der Waals surface area contributed by atoms with Crippen molar-refractivity contribution in [3.8, 4) is 0 Å². The highest BCUT2D eigenvalue weighted by Crippen LogP contribution is 2.08. The average Bonchev–Trinajstić information content (AvgIpc) is 2.51. The summed E-state index contributed by atoms with van der Waals surface area (Å²) in [6.07, 6.45) is 0. The van der Waals surface area contributed by atoms with Gasteiger partial charge in [-0.3, -0.25) is 4.79 Å². The van der Waals surface area contributed by atoms with E-state index in [1.54, 1.807) is 12.1 Å². The van der Waals surface area contributed by atoms with Crippen LogP contribution in [-0.4, -0.2) is 52.6 Å². The Morgan fingerprint density at radius 2 is 1.57 bits per heavy atom. The molecule has 0 atom stereocenters. The largest absolute Gasteiger partial charge is 0.394 e. The molecule has 7 N–H and O–H groups in total. The van der Waals surface area contributed by atoms with E-state index in [4.69, 9.17) is 21.1 Å². The fourth-order valence-corrected chi connectivity index (χ4v) is 1.54. The molecule has 0 fully saturated rings. The zero-order valence-corrected chi connectivity index (χ0v) is 11.4. The molecule has 0 bridgehead atoms. The number of nitrogens with two attached hydrogens (primary N) is 1. The minimum atomic E-state index is -1.47. The minimum absolute atomic E-state index is 0.241. The van der Waals surface area contributed by atoms with Gasteiger partial charge in [-0.2, -0.15) is 0 Å². The number of benzene rings is 1. The number of aliphatic hydroxyl groups is 3. The first kappa shape index (κ1) is 16.9. The average molecular weight is 297 g/mol. The second-order valence-corrected chi connectivity index (χ2v) is 4.62. The Hall–Kier alpha value is -2.16. The van der Waals surface area contributed by atoms with E-state index >= 15 is 0 Å². The van der Waals surface area contributed by atoms with Crippen molar-refractivity contribution in [2.24, 2.45) is 5.73 Å². The molecule has 0 spiro atoms. The zero-order chi connectivity index (χ0) is 15.9. The number of amides is 3. The van der Waals surface area contributed by atoms with E-state index in [9.17, 15) is 9.59 Å². The third-order valence-corrected chi connectivity index (χ3v) is 2.97. The Morgan fingerprint density at radius 3 is 2.00 bits per heavy atom. The van der Waals surface area contributed by atoms with E-state index in [0.717, 1.165) is 5.56 Å². The Bertz CT molecular complexity index is 477. The SMILES string of the molecule is NC(=O)NCc1ccc(C(=O)NC(CO)(CO)CO)cc1. The normalized spacial score (nSPS) is 11.0. The molecule has 0 aliphatic carbocycles. The van der Waals surface area contributed by atoms with Gasteiger partial charge >= 0.3 is 6.03 Å². The summed E-state index contributed by atoms with van der Waals surface area (Å²) in [6, 6.07) is 5.65. The van der Waals surface area contributed by atoms with Crippen LogP contribution in [0.25, 0.3) is 0 Å². The molecule has 0 saturated heterocycles. The van der Waals surface area contributed by atoms with E-state index in [1.807, 2.05) is 0 Å². The van der Waals surface area contributed by atoms with Crippen LogP contribution in [0.1, 0.15) is 15.9 Å². The number of carbonyl (C=O) groups excluding carboxylic acids is 2. The molecule has 0 aromatic heterocycles.